The molecule has 0 radical (unpaired) electrons. The molecule has 0 atom stereocenters. The lowest BCUT2D eigenvalue weighted by Crippen LogP contribution is -2.25. The van der Waals surface area contributed by atoms with Gasteiger partial charge < -0.3 is 4.98 Å². The fourth-order valence-electron chi connectivity index (χ4n) is 2.86. The van der Waals surface area contributed by atoms with Crippen molar-refractivity contribution >= 4 is 21.1 Å². The maximum atomic E-state index is 12.5. The van der Waals surface area contributed by atoms with Gasteiger partial charge in [-0.05, 0) is 62.7 Å². The molecule has 1 aliphatic carbocycles. The lowest BCUT2D eigenvalue weighted by molar-refractivity contribution is 0.464. The zero-order valence-corrected chi connectivity index (χ0v) is 16.7. The molecule has 2 aromatic heterocycles. The van der Waals surface area contributed by atoms with Gasteiger partial charge in [-0.15, -0.1) is 0 Å². The van der Waals surface area contributed by atoms with Crippen molar-refractivity contribution in [3.8, 4) is 23.0 Å². The highest BCUT2D eigenvalue weighted by atomic mass is 32.2. The van der Waals surface area contributed by atoms with Gasteiger partial charge in [-0.25, -0.2) is 18.1 Å². The normalized spacial score (nSPS) is 14.2. The summed E-state index contributed by atoms with van der Waals surface area (Å²) in [4.78, 5) is 9.96. The van der Waals surface area contributed by atoms with E-state index in [1.807, 2.05) is 37.2 Å². The highest BCUT2D eigenvalue weighted by Crippen LogP contribution is 2.27. The van der Waals surface area contributed by atoms with Gasteiger partial charge in [0.15, 0.2) is 0 Å². The molecule has 6 nitrogen and oxygen atoms in total. The number of fused-ring (bicyclic) bond motifs is 1. The Balaban J connectivity index is 1.63. The van der Waals surface area contributed by atoms with Gasteiger partial charge in [-0.3, -0.25) is 4.90 Å². The van der Waals surface area contributed by atoms with Crippen LogP contribution in [0.25, 0.3) is 22.2 Å². The molecule has 4 rings (SSSR count). The Morgan fingerprint density at radius 1 is 1.21 bits per heavy atom. The summed E-state index contributed by atoms with van der Waals surface area (Å²) in [6, 6.07) is 11.0. The molecular weight excluding hydrogens is 372 g/mol. The van der Waals surface area contributed by atoms with Gasteiger partial charge >= 0.3 is 0 Å². The van der Waals surface area contributed by atoms with Crippen molar-refractivity contribution in [3.05, 3.63) is 48.3 Å². The average molecular weight is 395 g/mol. The summed E-state index contributed by atoms with van der Waals surface area (Å²) in [6.45, 7) is 0.685. The van der Waals surface area contributed by atoms with Gasteiger partial charge in [0.25, 0.3) is 0 Å². The minimum absolute atomic E-state index is 0.0820. The highest BCUT2D eigenvalue weighted by molar-refractivity contribution is 7.89. The number of aromatic nitrogens is 2. The van der Waals surface area contributed by atoms with E-state index in [4.69, 9.17) is 0 Å². The summed E-state index contributed by atoms with van der Waals surface area (Å²) < 4.78 is 27.7. The van der Waals surface area contributed by atoms with Crippen molar-refractivity contribution in [1.82, 2.24) is 19.6 Å². The zero-order chi connectivity index (χ0) is 19.7. The fraction of sp³-hybridized carbons (Fsp3) is 0.286. The average Bonchev–Trinajstić information content (AvgIpc) is 3.36. The van der Waals surface area contributed by atoms with Gasteiger partial charge in [-0.2, -0.15) is 0 Å². The Kier molecular flexibility index (Phi) is 4.94. The van der Waals surface area contributed by atoms with Crippen LogP contribution in [-0.2, 0) is 10.0 Å². The van der Waals surface area contributed by atoms with Crippen LogP contribution in [0.15, 0.2) is 47.5 Å². The van der Waals surface area contributed by atoms with Crippen LogP contribution in [-0.4, -0.2) is 50.0 Å². The topological polar surface area (TPSA) is 78.1 Å². The number of pyridine rings is 1. The zero-order valence-electron chi connectivity index (χ0n) is 15.9. The van der Waals surface area contributed by atoms with E-state index < -0.39 is 10.0 Å². The highest BCUT2D eigenvalue weighted by Gasteiger charge is 2.28. The number of benzene rings is 1. The largest absolute Gasteiger partial charge is 0.333 e. The van der Waals surface area contributed by atoms with Gasteiger partial charge in [0.05, 0.1) is 17.1 Å². The molecule has 2 N–H and O–H groups in total. The van der Waals surface area contributed by atoms with E-state index in [1.54, 1.807) is 24.4 Å². The molecule has 3 aromatic rings. The Morgan fingerprint density at radius 3 is 2.79 bits per heavy atom. The van der Waals surface area contributed by atoms with Crippen LogP contribution < -0.4 is 4.72 Å². The fourth-order valence-corrected chi connectivity index (χ4v) is 4.22. The van der Waals surface area contributed by atoms with Crippen LogP contribution in [0.3, 0.4) is 0 Å². The van der Waals surface area contributed by atoms with Crippen molar-refractivity contribution in [1.29, 1.82) is 0 Å². The summed E-state index contributed by atoms with van der Waals surface area (Å²) in [5.74, 6) is 6.20. The maximum absolute atomic E-state index is 12.5. The van der Waals surface area contributed by atoms with Gasteiger partial charge in [-0.1, -0.05) is 18.1 Å². The van der Waals surface area contributed by atoms with E-state index in [2.05, 4.69) is 26.5 Å². The molecular formula is C21H22N4O2S. The van der Waals surface area contributed by atoms with Crippen LogP contribution in [0.1, 0.15) is 18.5 Å². The standard InChI is InChI=1S/C21H22N4O2S/c1-25(2)10-4-6-19-12-16-11-17(14-22-21(16)23-19)15-5-3-7-20(13-15)28(26,27)24-18-8-9-18/h3,5,7,11-14,18,24H,8-10H2,1-2H3,(H,22,23). The second kappa shape index (κ2) is 7.40. The molecule has 28 heavy (non-hydrogen) atoms. The first kappa shape index (κ1) is 18.7. The van der Waals surface area contributed by atoms with Gasteiger partial charge in [0.2, 0.25) is 10.0 Å². The van der Waals surface area contributed by atoms with Crippen molar-refractivity contribution in [2.45, 2.75) is 23.8 Å². The Labute approximate surface area is 165 Å². The molecule has 144 valence electrons. The third-order valence-electron chi connectivity index (χ3n) is 4.47. The van der Waals surface area contributed by atoms with Gasteiger partial charge in [0, 0.05) is 23.2 Å². The number of sulfonamides is 1. The summed E-state index contributed by atoms with van der Waals surface area (Å²) in [5.41, 5.74) is 3.25. The second-order valence-electron chi connectivity index (χ2n) is 7.31. The molecule has 1 aliphatic rings. The minimum atomic E-state index is -3.48. The number of nitrogens with zero attached hydrogens (tertiary/aromatic N) is 2. The number of H-pyrrole nitrogens is 1. The summed E-state index contributed by atoms with van der Waals surface area (Å²) >= 11 is 0. The van der Waals surface area contributed by atoms with Crippen molar-refractivity contribution in [2.75, 3.05) is 20.6 Å². The van der Waals surface area contributed by atoms with E-state index in [1.165, 1.54) is 0 Å². The number of rotatable bonds is 5. The molecule has 1 fully saturated rings. The summed E-state index contributed by atoms with van der Waals surface area (Å²) in [5, 5.41) is 0.941. The third-order valence-corrected chi connectivity index (χ3v) is 5.98. The number of aromatic amines is 1. The van der Waals surface area contributed by atoms with Crippen molar-refractivity contribution < 1.29 is 8.42 Å². The van der Waals surface area contributed by atoms with E-state index in [0.717, 1.165) is 40.7 Å². The number of hydrogen-bond acceptors (Lipinski definition) is 4. The molecule has 0 amide bonds. The molecule has 0 bridgehead atoms. The Morgan fingerprint density at radius 2 is 2.04 bits per heavy atom. The molecule has 7 heteroatoms. The van der Waals surface area contributed by atoms with Crippen LogP contribution >= 0.6 is 0 Å². The lowest BCUT2D eigenvalue weighted by Gasteiger charge is -2.08. The third kappa shape index (κ3) is 4.25. The molecule has 1 aromatic carbocycles. The van der Waals surface area contributed by atoms with Crippen LogP contribution in [0.4, 0.5) is 0 Å². The van der Waals surface area contributed by atoms with Gasteiger partial charge in [0.1, 0.15) is 5.65 Å². The summed E-state index contributed by atoms with van der Waals surface area (Å²) in [7, 11) is 0.467. The first-order chi connectivity index (χ1) is 13.4. The van der Waals surface area contributed by atoms with E-state index in [9.17, 15) is 8.42 Å². The van der Waals surface area contributed by atoms with E-state index >= 15 is 0 Å². The maximum Gasteiger partial charge on any atom is 0.240 e. The number of hydrogen-bond donors (Lipinski definition) is 2. The minimum Gasteiger partial charge on any atom is -0.333 e. The molecule has 1 saturated carbocycles. The van der Waals surface area contributed by atoms with E-state index in [-0.39, 0.29) is 10.9 Å². The number of nitrogens with one attached hydrogen (secondary N) is 2. The summed E-state index contributed by atoms with van der Waals surface area (Å²) in [6.07, 6.45) is 3.56. The quantitative estimate of drug-likeness (QED) is 0.652. The van der Waals surface area contributed by atoms with Crippen LogP contribution in [0, 0.1) is 11.8 Å². The van der Waals surface area contributed by atoms with Crippen molar-refractivity contribution in [3.63, 3.8) is 0 Å². The lowest BCUT2D eigenvalue weighted by atomic mass is 10.1. The monoisotopic (exact) mass is 394 g/mol. The first-order valence-corrected chi connectivity index (χ1v) is 10.6. The van der Waals surface area contributed by atoms with Crippen LogP contribution in [0.5, 0.6) is 0 Å². The predicted molar refractivity (Wildman–Crippen MR) is 110 cm³/mol. The molecule has 2 heterocycles. The predicted octanol–water partition coefficient (Wildman–Crippen LogP) is 2.58. The molecule has 0 unspecified atom stereocenters. The first-order valence-electron chi connectivity index (χ1n) is 9.16. The van der Waals surface area contributed by atoms with Crippen molar-refractivity contribution in [2.24, 2.45) is 0 Å². The molecule has 0 aliphatic heterocycles. The Bertz CT molecular complexity index is 1180. The molecule has 0 saturated heterocycles. The van der Waals surface area contributed by atoms with E-state index in [0.29, 0.717) is 6.54 Å². The SMILES string of the molecule is CN(C)CC#Cc1cc2cc(-c3cccc(S(=O)(=O)NC4CC4)c3)cnc2[nH]1. The van der Waals surface area contributed by atoms with Crippen LogP contribution in [0.2, 0.25) is 0 Å². The second-order valence-corrected chi connectivity index (χ2v) is 9.02. The Hall–Kier alpha value is -2.66. The smallest absolute Gasteiger partial charge is 0.240 e. The molecule has 0 spiro atoms.